The highest BCUT2D eigenvalue weighted by Gasteiger charge is 2.14. The number of aliphatic hydroxyl groups excluding tert-OH is 2. The number of aliphatic hydroxyl groups is 2. The van der Waals surface area contributed by atoms with Crippen molar-refractivity contribution in [2.75, 3.05) is 24.7 Å². The molecule has 0 rings (SSSR count). The number of nitrogens with one attached hydrogen (secondary N) is 1. The maximum atomic E-state index is 11.0. The van der Waals surface area contributed by atoms with Gasteiger partial charge in [0.15, 0.2) is 0 Å². The highest BCUT2D eigenvalue weighted by atomic mass is 32.2. The Labute approximate surface area is 94.4 Å². The lowest BCUT2D eigenvalue weighted by Gasteiger charge is -2.15. The van der Waals surface area contributed by atoms with Gasteiger partial charge in [-0.2, -0.15) is 11.8 Å². The van der Waals surface area contributed by atoms with Crippen LogP contribution in [-0.2, 0) is 4.79 Å². The minimum atomic E-state index is -0.727. The first kappa shape index (κ1) is 14.7. The number of carbonyl (C=O) groups is 1. The molecule has 6 heteroatoms. The number of nitrogens with two attached hydrogens (primary N) is 1. The van der Waals surface area contributed by atoms with Gasteiger partial charge in [-0.1, -0.05) is 6.92 Å². The minimum absolute atomic E-state index is 0.253. The Hall–Kier alpha value is -0.300. The lowest BCUT2D eigenvalue weighted by atomic mass is 10.3. The molecular formula is C9H20N2O3S. The zero-order chi connectivity index (χ0) is 11.7. The molecule has 0 aromatic carbocycles. The molecule has 0 saturated heterocycles. The quantitative estimate of drug-likeness (QED) is 0.409. The van der Waals surface area contributed by atoms with Crippen LogP contribution in [0.2, 0.25) is 0 Å². The Balaban J connectivity index is 3.71. The van der Waals surface area contributed by atoms with Crippen LogP contribution in [0.3, 0.4) is 0 Å². The van der Waals surface area contributed by atoms with Gasteiger partial charge < -0.3 is 21.3 Å². The third kappa shape index (κ3) is 7.61. The summed E-state index contributed by atoms with van der Waals surface area (Å²) in [5, 5.41) is 20.7. The van der Waals surface area contributed by atoms with Gasteiger partial charge in [-0.25, -0.2) is 0 Å². The van der Waals surface area contributed by atoms with E-state index in [9.17, 15) is 4.79 Å². The Kier molecular flexibility index (Phi) is 8.79. The Morgan fingerprint density at radius 2 is 2.20 bits per heavy atom. The van der Waals surface area contributed by atoms with E-state index in [1.165, 1.54) is 11.8 Å². The largest absolute Gasteiger partial charge is 0.394 e. The standard InChI is InChI=1S/C9H20N2O3S/c1-2-3-11-8(9(10)14)6-15-5-7(13)4-12/h7-8,11-13H,2-6H2,1H3,(H2,10,14). The number of hydrogen-bond acceptors (Lipinski definition) is 5. The van der Waals surface area contributed by atoms with Crippen molar-refractivity contribution in [3.8, 4) is 0 Å². The van der Waals surface area contributed by atoms with E-state index < -0.39 is 6.10 Å². The number of primary amides is 1. The van der Waals surface area contributed by atoms with Crippen molar-refractivity contribution in [3.63, 3.8) is 0 Å². The summed E-state index contributed by atoms with van der Waals surface area (Å²) in [5.74, 6) is 0.551. The summed E-state index contributed by atoms with van der Waals surface area (Å²) in [6, 6.07) is -0.360. The third-order valence-corrected chi connectivity index (χ3v) is 2.98. The zero-order valence-corrected chi connectivity index (χ0v) is 9.80. The molecule has 2 unspecified atom stereocenters. The van der Waals surface area contributed by atoms with Crippen LogP contribution in [0.1, 0.15) is 13.3 Å². The van der Waals surface area contributed by atoms with Crippen LogP contribution in [0.5, 0.6) is 0 Å². The summed E-state index contributed by atoms with van der Waals surface area (Å²) < 4.78 is 0. The molecule has 0 saturated carbocycles. The average Bonchev–Trinajstić information content (AvgIpc) is 2.22. The molecule has 0 spiro atoms. The molecule has 0 aliphatic heterocycles. The van der Waals surface area contributed by atoms with Gasteiger partial charge in [-0.3, -0.25) is 4.79 Å². The fraction of sp³-hybridized carbons (Fsp3) is 0.889. The molecule has 0 aromatic rings. The molecule has 0 aliphatic rings. The first-order chi connectivity index (χ1) is 7.11. The van der Waals surface area contributed by atoms with E-state index in [0.717, 1.165) is 13.0 Å². The molecule has 0 heterocycles. The molecule has 90 valence electrons. The maximum Gasteiger partial charge on any atom is 0.235 e. The lowest BCUT2D eigenvalue weighted by Crippen LogP contribution is -2.43. The Morgan fingerprint density at radius 3 is 2.67 bits per heavy atom. The van der Waals surface area contributed by atoms with E-state index in [-0.39, 0.29) is 18.6 Å². The maximum absolute atomic E-state index is 11.0. The molecular weight excluding hydrogens is 216 g/mol. The second kappa shape index (κ2) is 8.96. The summed E-state index contributed by atoms with van der Waals surface area (Å²) >= 11 is 1.40. The number of thioether (sulfide) groups is 1. The van der Waals surface area contributed by atoms with Crippen LogP contribution in [0.4, 0.5) is 0 Å². The summed E-state index contributed by atoms with van der Waals surface area (Å²) in [5.41, 5.74) is 5.20. The predicted octanol–water partition coefficient (Wildman–Crippen LogP) is -1.07. The first-order valence-corrected chi connectivity index (χ1v) is 6.16. The van der Waals surface area contributed by atoms with Gasteiger partial charge in [-0.15, -0.1) is 0 Å². The van der Waals surface area contributed by atoms with Crippen LogP contribution >= 0.6 is 11.8 Å². The van der Waals surface area contributed by atoms with E-state index in [2.05, 4.69) is 5.32 Å². The predicted molar refractivity (Wildman–Crippen MR) is 61.7 cm³/mol. The molecule has 15 heavy (non-hydrogen) atoms. The second-order valence-electron chi connectivity index (χ2n) is 3.28. The highest BCUT2D eigenvalue weighted by Crippen LogP contribution is 2.05. The van der Waals surface area contributed by atoms with E-state index in [0.29, 0.717) is 11.5 Å². The molecule has 0 aromatic heterocycles. The van der Waals surface area contributed by atoms with E-state index in [4.69, 9.17) is 15.9 Å². The molecule has 0 aliphatic carbocycles. The van der Waals surface area contributed by atoms with Crippen molar-refractivity contribution >= 4 is 17.7 Å². The zero-order valence-electron chi connectivity index (χ0n) is 8.98. The lowest BCUT2D eigenvalue weighted by molar-refractivity contribution is -0.119. The van der Waals surface area contributed by atoms with Gasteiger partial charge >= 0.3 is 0 Å². The fourth-order valence-corrected chi connectivity index (χ4v) is 1.97. The third-order valence-electron chi connectivity index (χ3n) is 1.79. The molecule has 0 fully saturated rings. The van der Waals surface area contributed by atoms with Crippen LogP contribution in [-0.4, -0.2) is 52.9 Å². The SMILES string of the molecule is CCCNC(CSCC(O)CO)C(N)=O. The average molecular weight is 236 g/mol. The molecule has 5 nitrogen and oxygen atoms in total. The van der Waals surface area contributed by atoms with Crippen LogP contribution < -0.4 is 11.1 Å². The van der Waals surface area contributed by atoms with Crippen LogP contribution in [0.25, 0.3) is 0 Å². The number of amides is 1. The van der Waals surface area contributed by atoms with Crippen molar-refractivity contribution in [2.45, 2.75) is 25.5 Å². The summed E-state index contributed by atoms with van der Waals surface area (Å²) in [7, 11) is 0. The molecule has 1 amide bonds. The second-order valence-corrected chi connectivity index (χ2v) is 4.36. The van der Waals surface area contributed by atoms with Crippen molar-refractivity contribution in [3.05, 3.63) is 0 Å². The first-order valence-electron chi connectivity index (χ1n) is 5.01. The van der Waals surface area contributed by atoms with Crippen molar-refractivity contribution in [2.24, 2.45) is 5.73 Å². The number of rotatable bonds is 9. The van der Waals surface area contributed by atoms with E-state index in [1.807, 2.05) is 6.92 Å². The van der Waals surface area contributed by atoms with Crippen molar-refractivity contribution in [1.82, 2.24) is 5.32 Å². The van der Waals surface area contributed by atoms with Crippen molar-refractivity contribution in [1.29, 1.82) is 0 Å². The Morgan fingerprint density at radius 1 is 1.53 bits per heavy atom. The van der Waals surface area contributed by atoms with E-state index in [1.54, 1.807) is 0 Å². The van der Waals surface area contributed by atoms with Gasteiger partial charge in [-0.05, 0) is 13.0 Å². The number of carbonyl (C=O) groups excluding carboxylic acids is 1. The van der Waals surface area contributed by atoms with Gasteiger partial charge in [0, 0.05) is 11.5 Å². The smallest absolute Gasteiger partial charge is 0.235 e. The number of hydrogen-bond donors (Lipinski definition) is 4. The monoisotopic (exact) mass is 236 g/mol. The van der Waals surface area contributed by atoms with Crippen LogP contribution in [0, 0.1) is 0 Å². The fourth-order valence-electron chi connectivity index (χ4n) is 0.935. The topological polar surface area (TPSA) is 95.6 Å². The van der Waals surface area contributed by atoms with E-state index >= 15 is 0 Å². The minimum Gasteiger partial charge on any atom is -0.394 e. The van der Waals surface area contributed by atoms with Gasteiger partial charge in [0.05, 0.1) is 18.8 Å². The van der Waals surface area contributed by atoms with Gasteiger partial charge in [0.25, 0.3) is 0 Å². The molecule has 0 bridgehead atoms. The molecule has 5 N–H and O–H groups in total. The summed E-state index contributed by atoms with van der Waals surface area (Å²) in [4.78, 5) is 11.0. The normalized spacial score (nSPS) is 14.9. The van der Waals surface area contributed by atoms with Crippen molar-refractivity contribution < 1.29 is 15.0 Å². The van der Waals surface area contributed by atoms with Gasteiger partial charge in [0.2, 0.25) is 5.91 Å². The van der Waals surface area contributed by atoms with Crippen LogP contribution in [0.15, 0.2) is 0 Å². The highest BCUT2D eigenvalue weighted by molar-refractivity contribution is 7.99. The molecule has 0 radical (unpaired) electrons. The summed E-state index contributed by atoms with van der Waals surface area (Å²) in [6.45, 7) is 2.50. The van der Waals surface area contributed by atoms with Gasteiger partial charge in [0.1, 0.15) is 0 Å². The Bertz CT molecular complexity index is 181. The molecule has 2 atom stereocenters. The summed E-state index contributed by atoms with van der Waals surface area (Å²) in [6.07, 6.45) is 0.211.